The fourth-order valence-electron chi connectivity index (χ4n) is 3.02. The summed E-state index contributed by atoms with van der Waals surface area (Å²) < 4.78 is 10.9. The fourth-order valence-corrected chi connectivity index (χ4v) is 3.02. The van der Waals surface area contributed by atoms with E-state index in [1.807, 2.05) is 44.2 Å². The van der Waals surface area contributed by atoms with E-state index in [0.29, 0.717) is 34.8 Å². The van der Waals surface area contributed by atoms with Crippen molar-refractivity contribution >= 4 is 22.6 Å². The molecule has 0 radical (unpaired) electrons. The number of anilines is 1. The smallest absolute Gasteiger partial charge is 0.328 e. The summed E-state index contributed by atoms with van der Waals surface area (Å²) >= 11 is 0. The average molecular weight is 365 g/mol. The molecule has 1 heterocycles. The van der Waals surface area contributed by atoms with Crippen molar-refractivity contribution in [2.24, 2.45) is 5.92 Å². The van der Waals surface area contributed by atoms with Crippen molar-refractivity contribution in [2.75, 3.05) is 12.4 Å². The van der Waals surface area contributed by atoms with Crippen molar-refractivity contribution in [3.05, 3.63) is 64.8 Å². The molecule has 2 aromatic carbocycles. The summed E-state index contributed by atoms with van der Waals surface area (Å²) in [5, 5.41) is 3.69. The Labute approximate surface area is 158 Å². The zero-order chi connectivity index (χ0) is 19.4. The highest BCUT2D eigenvalue weighted by Crippen LogP contribution is 2.25. The molecule has 0 saturated heterocycles. The highest BCUT2D eigenvalue weighted by atomic mass is 16.5. The summed E-state index contributed by atoms with van der Waals surface area (Å²) in [4.78, 5) is 24.5. The molecule has 1 atom stereocenters. The number of hydrogen-bond acceptors (Lipinski definition) is 5. The number of nitrogens with one attached hydrogen (secondary N) is 1. The van der Waals surface area contributed by atoms with Gasteiger partial charge in [0.1, 0.15) is 17.4 Å². The number of fused-ring (bicyclic) bond motifs is 1. The molecule has 3 rings (SSSR count). The number of ether oxygens (including phenoxy) is 1. The molecule has 0 aliphatic heterocycles. The molecule has 0 aliphatic carbocycles. The predicted molar refractivity (Wildman–Crippen MR) is 107 cm³/mol. The monoisotopic (exact) mass is 365 g/mol. The first-order valence-corrected chi connectivity index (χ1v) is 8.95. The van der Waals surface area contributed by atoms with E-state index < -0.39 is 6.04 Å². The Morgan fingerprint density at radius 1 is 1.11 bits per heavy atom. The van der Waals surface area contributed by atoms with Crippen molar-refractivity contribution < 1.29 is 13.9 Å². The van der Waals surface area contributed by atoms with E-state index in [2.05, 4.69) is 5.32 Å². The van der Waals surface area contributed by atoms with Crippen LogP contribution in [-0.2, 0) is 9.53 Å². The summed E-state index contributed by atoms with van der Waals surface area (Å²) in [7, 11) is 1.38. The Balaban J connectivity index is 1.98. The van der Waals surface area contributed by atoms with E-state index in [1.54, 1.807) is 18.2 Å². The molecular formula is C22H23NO4. The van der Waals surface area contributed by atoms with Crippen molar-refractivity contribution in [1.29, 1.82) is 0 Å². The maximum atomic E-state index is 12.5. The van der Waals surface area contributed by atoms with Crippen molar-refractivity contribution in [1.82, 2.24) is 0 Å². The molecule has 0 aliphatic rings. The summed E-state index contributed by atoms with van der Waals surface area (Å²) in [6, 6.07) is 15.8. The van der Waals surface area contributed by atoms with Gasteiger partial charge in [0.15, 0.2) is 5.43 Å². The summed E-state index contributed by atoms with van der Waals surface area (Å²) in [6.07, 6.45) is 0.638. The molecule has 0 amide bonds. The predicted octanol–water partition coefficient (Wildman–Crippen LogP) is 4.46. The zero-order valence-corrected chi connectivity index (χ0v) is 15.7. The Kier molecular flexibility index (Phi) is 5.60. The standard InChI is InChI=1S/C22H23NO4/c1-14(2)11-18(22(25)26-3)23-16-9-10-17-19(24)13-20(27-21(17)12-16)15-7-5-4-6-8-15/h4-10,12-14,18,23H,11H2,1-3H3. The average Bonchev–Trinajstić information content (AvgIpc) is 2.67. The molecule has 5 nitrogen and oxygen atoms in total. The van der Waals surface area contributed by atoms with Crippen LogP contribution in [0.4, 0.5) is 5.69 Å². The topological polar surface area (TPSA) is 68.5 Å². The van der Waals surface area contributed by atoms with Gasteiger partial charge in [0, 0.05) is 23.4 Å². The lowest BCUT2D eigenvalue weighted by atomic mass is 10.0. The highest BCUT2D eigenvalue weighted by molar-refractivity contribution is 5.84. The Morgan fingerprint density at radius 2 is 1.85 bits per heavy atom. The third kappa shape index (κ3) is 4.37. The van der Waals surface area contributed by atoms with Gasteiger partial charge in [-0.3, -0.25) is 4.79 Å². The van der Waals surface area contributed by atoms with E-state index >= 15 is 0 Å². The van der Waals surface area contributed by atoms with Gasteiger partial charge in [-0.2, -0.15) is 0 Å². The van der Waals surface area contributed by atoms with Gasteiger partial charge in [0.25, 0.3) is 0 Å². The molecular weight excluding hydrogens is 342 g/mol. The van der Waals surface area contributed by atoms with Crippen LogP contribution in [0.25, 0.3) is 22.3 Å². The van der Waals surface area contributed by atoms with Crippen LogP contribution in [0.15, 0.2) is 63.8 Å². The second-order valence-corrected chi connectivity index (χ2v) is 6.90. The maximum Gasteiger partial charge on any atom is 0.328 e. The maximum absolute atomic E-state index is 12.5. The lowest BCUT2D eigenvalue weighted by Gasteiger charge is -2.19. The van der Waals surface area contributed by atoms with E-state index in [9.17, 15) is 9.59 Å². The number of hydrogen-bond donors (Lipinski definition) is 1. The molecule has 0 bridgehead atoms. The number of rotatable bonds is 6. The second kappa shape index (κ2) is 8.08. The van der Waals surface area contributed by atoms with Gasteiger partial charge in [-0.1, -0.05) is 44.2 Å². The van der Waals surface area contributed by atoms with Crippen LogP contribution in [0.1, 0.15) is 20.3 Å². The summed E-state index contributed by atoms with van der Waals surface area (Å²) in [5.41, 5.74) is 1.90. The molecule has 1 N–H and O–H groups in total. The van der Waals surface area contributed by atoms with Gasteiger partial charge in [0.05, 0.1) is 12.5 Å². The van der Waals surface area contributed by atoms with E-state index in [4.69, 9.17) is 9.15 Å². The molecule has 27 heavy (non-hydrogen) atoms. The number of esters is 1. The first-order valence-electron chi connectivity index (χ1n) is 8.95. The van der Waals surface area contributed by atoms with Crippen LogP contribution in [0.2, 0.25) is 0 Å². The Bertz CT molecular complexity index is 992. The van der Waals surface area contributed by atoms with Crippen LogP contribution in [0, 0.1) is 5.92 Å². The van der Waals surface area contributed by atoms with E-state index in [-0.39, 0.29) is 11.4 Å². The molecule has 0 saturated carbocycles. The molecule has 1 aromatic heterocycles. The first kappa shape index (κ1) is 18.7. The van der Waals surface area contributed by atoms with Crippen LogP contribution < -0.4 is 10.7 Å². The second-order valence-electron chi connectivity index (χ2n) is 6.90. The van der Waals surface area contributed by atoms with Crippen molar-refractivity contribution in [3.63, 3.8) is 0 Å². The fraction of sp³-hybridized carbons (Fsp3) is 0.273. The molecule has 5 heteroatoms. The minimum Gasteiger partial charge on any atom is -0.467 e. The molecule has 0 spiro atoms. The third-order valence-electron chi connectivity index (χ3n) is 4.32. The van der Waals surface area contributed by atoms with Crippen LogP contribution >= 0.6 is 0 Å². The molecule has 0 fully saturated rings. The van der Waals surface area contributed by atoms with Crippen LogP contribution in [0.3, 0.4) is 0 Å². The van der Waals surface area contributed by atoms with Gasteiger partial charge in [-0.05, 0) is 24.5 Å². The number of benzene rings is 2. The van der Waals surface area contributed by atoms with Gasteiger partial charge in [0.2, 0.25) is 0 Å². The summed E-state index contributed by atoms with van der Waals surface area (Å²) in [6.45, 7) is 4.09. The van der Waals surface area contributed by atoms with Crippen molar-refractivity contribution in [2.45, 2.75) is 26.3 Å². The first-order chi connectivity index (χ1) is 13.0. The lowest BCUT2D eigenvalue weighted by molar-refractivity contribution is -0.141. The molecule has 3 aromatic rings. The van der Waals surface area contributed by atoms with Crippen molar-refractivity contribution in [3.8, 4) is 11.3 Å². The van der Waals surface area contributed by atoms with Crippen LogP contribution in [-0.4, -0.2) is 19.1 Å². The Hall–Kier alpha value is -3.08. The normalized spacial score (nSPS) is 12.1. The molecule has 1 unspecified atom stereocenters. The van der Waals surface area contributed by atoms with Gasteiger partial charge in [-0.25, -0.2) is 4.79 Å². The van der Waals surface area contributed by atoms with Gasteiger partial charge in [-0.15, -0.1) is 0 Å². The minimum absolute atomic E-state index is 0.103. The largest absolute Gasteiger partial charge is 0.467 e. The highest BCUT2D eigenvalue weighted by Gasteiger charge is 2.20. The lowest BCUT2D eigenvalue weighted by Crippen LogP contribution is -2.32. The Morgan fingerprint density at radius 3 is 2.52 bits per heavy atom. The van der Waals surface area contributed by atoms with Crippen LogP contribution in [0.5, 0.6) is 0 Å². The number of methoxy groups -OCH3 is 1. The van der Waals surface area contributed by atoms with Gasteiger partial charge < -0.3 is 14.5 Å². The minimum atomic E-state index is -0.462. The zero-order valence-electron chi connectivity index (χ0n) is 15.7. The third-order valence-corrected chi connectivity index (χ3v) is 4.32. The quantitative estimate of drug-likeness (QED) is 0.653. The molecule has 140 valence electrons. The number of carbonyl (C=O) groups excluding carboxylic acids is 1. The van der Waals surface area contributed by atoms with E-state index in [0.717, 1.165) is 5.56 Å². The SMILES string of the molecule is COC(=O)C(CC(C)C)Nc1ccc2c(=O)cc(-c3ccccc3)oc2c1. The number of carbonyl (C=O) groups is 1. The van der Waals surface area contributed by atoms with Gasteiger partial charge >= 0.3 is 5.97 Å². The van der Waals surface area contributed by atoms with E-state index in [1.165, 1.54) is 13.2 Å². The summed E-state index contributed by atoms with van der Waals surface area (Å²) in [5.74, 6) is 0.518.